The number of aromatic nitrogens is 10. The van der Waals surface area contributed by atoms with Gasteiger partial charge in [0.25, 0.3) is 0 Å². The van der Waals surface area contributed by atoms with Crippen LogP contribution in [0.5, 0.6) is 0 Å². The fourth-order valence-corrected chi connectivity index (χ4v) is 5.38. The minimum absolute atomic E-state index is 0.00283. The third-order valence-electron chi connectivity index (χ3n) is 7.41. The molecule has 0 aliphatic rings. The Labute approximate surface area is 250 Å². The molecule has 2 N–H and O–H groups in total. The quantitative estimate of drug-likeness (QED) is 0.261. The summed E-state index contributed by atoms with van der Waals surface area (Å²) in [7, 11) is 0. The zero-order valence-corrected chi connectivity index (χ0v) is 23.2. The fraction of sp³-hybridized carbons (Fsp3) is 0.0625. The molecule has 0 aliphatic carbocycles. The molecule has 4 aromatic carbocycles. The molecule has 0 amide bonds. The number of rotatable bonds is 6. The molecule has 0 fully saturated rings. The third-order valence-corrected chi connectivity index (χ3v) is 7.41. The predicted octanol–water partition coefficient (Wildman–Crippen LogP) is 5.01. The van der Waals surface area contributed by atoms with Crippen LogP contribution in [0.4, 0.5) is 0 Å². The molecule has 8 rings (SSSR count). The summed E-state index contributed by atoms with van der Waals surface area (Å²) in [5.41, 5.74) is 6.84. The van der Waals surface area contributed by atoms with Gasteiger partial charge in [0, 0.05) is 24.8 Å². The molecule has 216 valence electrons. The molecule has 2 atom stereocenters. The highest BCUT2D eigenvalue weighted by Gasteiger charge is 2.19. The van der Waals surface area contributed by atoms with E-state index in [4.69, 9.17) is 0 Å². The minimum Gasteiger partial charge on any atom is -0.410 e. The van der Waals surface area contributed by atoms with Gasteiger partial charge in [0.05, 0.1) is 24.7 Å². The zero-order chi connectivity index (χ0) is 29.9. The summed E-state index contributed by atoms with van der Waals surface area (Å²) in [4.78, 5) is 9.89. The van der Waals surface area contributed by atoms with Crippen LogP contribution in [-0.2, 0) is 0 Å². The van der Waals surface area contributed by atoms with E-state index in [1.165, 1.54) is 0 Å². The summed E-state index contributed by atoms with van der Waals surface area (Å²) in [6, 6.07) is 31.8. The van der Waals surface area contributed by atoms with E-state index in [1.54, 1.807) is 25.0 Å². The van der Waals surface area contributed by atoms with Crippen molar-refractivity contribution in [3.05, 3.63) is 157 Å². The standard InChI is InChI=1S/2C16H13N5O/c22-21-15-7-6-13(10-14(15)18-19-21)16(20-9-8-17-11-20)12-4-2-1-3-5-12;22-21-15-10-13(6-7-14(15)18-19-21)16(20-9-8-17-11-20)12-4-2-1-3-5-12/h2*1-11,16,22H. The van der Waals surface area contributed by atoms with E-state index in [-0.39, 0.29) is 12.1 Å². The third kappa shape index (κ3) is 5.11. The Hall–Kier alpha value is -6.30. The Morgan fingerprint density at radius 3 is 1.59 bits per heavy atom. The number of benzene rings is 4. The average molecular weight is 583 g/mol. The van der Waals surface area contributed by atoms with Crippen molar-refractivity contribution >= 4 is 22.1 Å². The van der Waals surface area contributed by atoms with Crippen LogP contribution in [0, 0.1) is 0 Å². The van der Waals surface area contributed by atoms with Crippen molar-refractivity contribution in [1.82, 2.24) is 49.4 Å². The largest absolute Gasteiger partial charge is 0.410 e. The van der Waals surface area contributed by atoms with Crippen molar-refractivity contribution in [2.45, 2.75) is 12.1 Å². The van der Waals surface area contributed by atoms with Gasteiger partial charge in [0.15, 0.2) is 0 Å². The Morgan fingerprint density at radius 2 is 1.02 bits per heavy atom. The molecule has 12 heteroatoms. The predicted molar refractivity (Wildman–Crippen MR) is 161 cm³/mol. The maximum atomic E-state index is 9.74. The Bertz CT molecular complexity index is 2110. The maximum Gasteiger partial charge on any atom is 0.131 e. The molecule has 4 aromatic heterocycles. The van der Waals surface area contributed by atoms with Crippen molar-refractivity contribution in [2.24, 2.45) is 0 Å². The number of imidazole rings is 2. The molecule has 2 unspecified atom stereocenters. The summed E-state index contributed by atoms with van der Waals surface area (Å²) in [5.74, 6) is 0. The second-order valence-corrected chi connectivity index (χ2v) is 10.1. The van der Waals surface area contributed by atoms with E-state index < -0.39 is 0 Å². The first-order chi connectivity index (χ1) is 21.7. The lowest BCUT2D eigenvalue weighted by Gasteiger charge is -2.19. The number of hydrogen-bond acceptors (Lipinski definition) is 8. The van der Waals surface area contributed by atoms with Crippen LogP contribution in [0.25, 0.3) is 22.1 Å². The molecule has 0 spiro atoms. The highest BCUT2D eigenvalue weighted by molar-refractivity contribution is 5.75. The van der Waals surface area contributed by atoms with Crippen LogP contribution in [0.3, 0.4) is 0 Å². The van der Waals surface area contributed by atoms with Gasteiger partial charge < -0.3 is 19.5 Å². The molecule has 0 bridgehead atoms. The van der Waals surface area contributed by atoms with Crippen LogP contribution < -0.4 is 0 Å². The molecular formula is C32H26N10O2. The van der Waals surface area contributed by atoms with Crippen molar-refractivity contribution in [1.29, 1.82) is 0 Å². The summed E-state index contributed by atoms with van der Waals surface area (Å²) < 4.78 is 4.07. The first kappa shape index (κ1) is 26.6. The van der Waals surface area contributed by atoms with Gasteiger partial charge in [0.1, 0.15) is 22.1 Å². The van der Waals surface area contributed by atoms with Gasteiger partial charge in [-0.25, -0.2) is 9.97 Å². The summed E-state index contributed by atoms with van der Waals surface area (Å²) in [6.07, 6.45) is 11.0. The number of hydrogen-bond donors (Lipinski definition) is 2. The van der Waals surface area contributed by atoms with Crippen molar-refractivity contribution < 1.29 is 10.4 Å². The van der Waals surface area contributed by atoms with Crippen molar-refractivity contribution in [2.75, 3.05) is 0 Å². The number of fused-ring (bicyclic) bond motifs is 2. The normalized spacial score (nSPS) is 12.5. The molecular weight excluding hydrogens is 556 g/mol. The highest BCUT2D eigenvalue weighted by atomic mass is 16.5. The summed E-state index contributed by atoms with van der Waals surface area (Å²) >= 11 is 0. The van der Waals surface area contributed by atoms with Gasteiger partial charge in [-0.1, -0.05) is 82.5 Å². The van der Waals surface area contributed by atoms with Crippen LogP contribution in [0.2, 0.25) is 0 Å². The first-order valence-electron chi connectivity index (χ1n) is 13.8. The van der Waals surface area contributed by atoms with Crippen molar-refractivity contribution in [3.63, 3.8) is 0 Å². The topological polar surface area (TPSA) is 138 Å². The molecule has 8 aromatic rings. The van der Waals surface area contributed by atoms with E-state index in [9.17, 15) is 10.4 Å². The van der Waals surface area contributed by atoms with E-state index in [1.807, 2.05) is 94.3 Å². The molecule has 0 saturated heterocycles. The van der Waals surface area contributed by atoms with Crippen LogP contribution in [0.1, 0.15) is 34.3 Å². The Kier molecular flexibility index (Phi) is 6.97. The SMILES string of the molecule is On1nnc2cc(C(c3ccccc3)n3ccnc3)ccc21.On1nnc2ccc(C(c3ccccc3)n3ccnc3)cc21. The van der Waals surface area contributed by atoms with Crippen LogP contribution in [0.15, 0.2) is 135 Å². The maximum absolute atomic E-state index is 9.74. The minimum atomic E-state index is -0.0250. The van der Waals surface area contributed by atoms with Gasteiger partial charge in [0.2, 0.25) is 0 Å². The van der Waals surface area contributed by atoms with Gasteiger partial charge in [-0.05, 0) is 56.9 Å². The highest BCUT2D eigenvalue weighted by Crippen LogP contribution is 2.29. The molecule has 0 saturated carbocycles. The average Bonchev–Trinajstić information content (AvgIpc) is 3.90. The molecule has 4 heterocycles. The van der Waals surface area contributed by atoms with Gasteiger partial charge in [-0.3, -0.25) is 0 Å². The fourth-order valence-electron chi connectivity index (χ4n) is 5.38. The summed E-state index contributed by atoms with van der Waals surface area (Å²) in [5, 5.41) is 34.5. The van der Waals surface area contributed by atoms with Crippen LogP contribution >= 0.6 is 0 Å². The lowest BCUT2D eigenvalue weighted by molar-refractivity contribution is 0.154. The van der Waals surface area contributed by atoms with E-state index in [2.05, 4.69) is 54.9 Å². The second-order valence-electron chi connectivity index (χ2n) is 10.1. The first-order valence-corrected chi connectivity index (χ1v) is 13.8. The van der Waals surface area contributed by atoms with Gasteiger partial charge in [-0.15, -0.1) is 10.2 Å². The Balaban J connectivity index is 0.000000142. The lowest BCUT2D eigenvalue weighted by Crippen LogP contribution is -2.10. The summed E-state index contributed by atoms with van der Waals surface area (Å²) in [6.45, 7) is 0. The monoisotopic (exact) mass is 582 g/mol. The van der Waals surface area contributed by atoms with Gasteiger partial charge in [-0.2, -0.15) is 0 Å². The molecule has 0 aliphatic heterocycles. The smallest absolute Gasteiger partial charge is 0.131 e. The lowest BCUT2D eigenvalue weighted by atomic mass is 9.98. The zero-order valence-electron chi connectivity index (χ0n) is 23.2. The van der Waals surface area contributed by atoms with E-state index >= 15 is 0 Å². The molecule has 0 radical (unpaired) electrons. The molecule has 12 nitrogen and oxygen atoms in total. The Morgan fingerprint density at radius 1 is 0.500 bits per heavy atom. The van der Waals surface area contributed by atoms with E-state index in [0.717, 1.165) is 31.9 Å². The molecule has 44 heavy (non-hydrogen) atoms. The van der Waals surface area contributed by atoms with E-state index in [0.29, 0.717) is 22.1 Å². The van der Waals surface area contributed by atoms with Crippen molar-refractivity contribution in [3.8, 4) is 0 Å². The second kappa shape index (κ2) is 11.5. The van der Waals surface area contributed by atoms with Crippen LogP contribution in [-0.4, -0.2) is 59.8 Å². The van der Waals surface area contributed by atoms with Gasteiger partial charge >= 0.3 is 0 Å². The number of nitrogens with zero attached hydrogens (tertiary/aromatic N) is 10.